The van der Waals surface area contributed by atoms with Crippen molar-refractivity contribution in [3.05, 3.63) is 48.0 Å². The average molecular weight is 277 g/mol. The Morgan fingerprint density at radius 3 is 2.37 bits per heavy atom. The summed E-state index contributed by atoms with van der Waals surface area (Å²) in [6.45, 7) is 1.82. The summed E-state index contributed by atoms with van der Waals surface area (Å²) in [6.07, 6.45) is 1.11. The highest BCUT2D eigenvalue weighted by atomic mass is 32.2. The first-order chi connectivity index (χ1) is 8.85. The molecule has 2 aromatic rings. The molecule has 2 aromatic carbocycles. The van der Waals surface area contributed by atoms with Gasteiger partial charge in [0.25, 0.3) is 0 Å². The molecule has 0 spiro atoms. The quantitative estimate of drug-likeness (QED) is 0.906. The summed E-state index contributed by atoms with van der Waals surface area (Å²) in [4.78, 5) is 0. The minimum Gasteiger partial charge on any atom is -0.508 e. The van der Waals surface area contributed by atoms with Crippen LogP contribution in [0.4, 0.5) is 5.69 Å². The second kappa shape index (κ2) is 4.93. The number of benzene rings is 2. The van der Waals surface area contributed by atoms with E-state index in [1.54, 1.807) is 24.3 Å². The Balaban J connectivity index is 2.40. The molecule has 4 nitrogen and oxygen atoms in total. The lowest BCUT2D eigenvalue weighted by Gasteiger charge is -2.08. The number of nitrogens with one attached hydrogen (secondary N) is 1. The minimum atomic E-state index is -3.29. The molecule has 0 bridgehead atoms. The van der Waals surface area contributed by atoms with Crippen LogP contribution < -0.4 is 4.72 Å². The van der Waals surface area contributed by atoms with E-state index in [0.717, 1.165) is 22.9 Å². The van der Waals surface area contributed by atoms with Crippen LogP contribution in [0.15, 0.2) is 42.5 Å². The first-order valence-electron chi connectivity index (χ1n) is 5.73. The van der Waals surface area contributed by atoms with Crippen LogP contribution in [-0.2, 0) is 10.0 Å². The van der Waals surface area contributed by atoms with Gasteiger partial charge < -0.3 is 5.11 Å². The third-order valence-corrected chi connectivity index (χ3v) is 3.31. The smallest absolute Gasteiger partial charge is 0.229 e. The largest absolute Gasteiger partial charge is 0.508 e. The van der Waals surface area contributed by atoms with Crippen LogP contribution in [0.25, 0.3) is 11.1 Å². The standard InChI is InChI=1S/C14H15NO3S/c1-10-6-7-12(9-14(10)16)11-4-3-5-13(8-11)15-19(2,17)18/h3-9,15-16H,1-2H3. The molecule has 0 unspecified atom stereocenters. The molecule has 0 heterocycles. The van der Waals surface area contributed by atoms with Crippen molar-refractivity contribution in [2.75, 3.05) is 11.0 Å². The van der Waals surface area contributed by atoms with Crippen LogP contribution in [-0.4, -0.2) is 19.8 Å². The summed E-state index contributed by atoms with van der Waals surface area (Å²) < 4.78 is 24.8. The fourth-order valence-electron chi connectivity index (χ4n) is 1.77. The van der Waals surface area contributed by atoms with Crippen molar-refractivity contribution in [3.8, 4) is 16.9 Å². The third kappa shape index (κ3) is 3.48. The minimum absolute atomic E-state index is 0.221. The van der Waals surface area contributed by atoms with Crippen molar-refractivity contribution in [2.45, 2.75) is 6.92 Å². The zero-order valence-corrected chi connectivity index (χ0v) is 11.5. The van der Waals surface area contributed by atoms with Gasteiger partial charge in [-0.2, -0.15) is 0 Å². The Morgan fingerprint density at radius 2 is 1.74 bits per heavy atom. The van der Waals surface area contributed by atoms with Crippen molar-refractivity contribution < 1.29 is 13.5 Å². The molecule has 0 aliphatic carbocycles. The zero-order chi connectivity index (χ0) is 14.0. The number of phenolic OH excluding ortho intramolecular Hbond substituents is 1. The van der Waals surface area contributed by atoms with Gasteiger partial charge in [0.15, 0.2) is 0 Å². The van der Waals surface area contributed by atoms with E-state index in [4.69, 9.17) is 0 Å². The van der Waals surface area contributed by atoms with Crippen LogP contribution >= 0.6 is 0 Å². The van der Waals surface area contributed by atoms with Crippen LogP contribution in [0.1, 0.15) is 5.56 Å². The third-order valence-electron chi connectivity index (χ3n) is 2.71. The highest BCUT2D eigenvalue weighted by Gasteiger charge is 2.05. The number of aryl methyl sites for hydroxylation is 1. The number of hydrogen-bond acceptors (Lipinski definition) is 3. The fourth-order valence-corrected chi connectivity index (χ4v) is 2.32. The Morgan fingerprint density at radius 1 is 1.05 bits per heavy atom. The highest BCUT2D eigenvalue weighted by molar-refractivity contribution is 7.92. The predicted molar refractivity (Wildman–Crippen MR) is 76.7 cm³/mol. The maximum Gasteiger partial charge on any atom is 0.229 e. The summed E-state index contributed by atoms with van der Waals surface area (Å²) in [5.41, 5.74) is 2.97. The summed E-state index contributed by atoms with van der Waals surface area (Å²) in [7, 11) is -3.29. The maximum atomic E-state index is 11.2. The molecule has 100 valence electrons. The van der Waals surface area contributed by atoms with Crippen molar-refractivity contribution in [3.63, 3.8) is 0 Å². The molecule has 0 fully saturated rings. The Labute approximate surface area is 112 Å². The van der Waals surface area contributed by atoms with Gasteiger partial charge in [-0.05, 0) is 41.8 Å². The molecular formula is C14H15NO3S. The van der Waals surface area contributed by atoms with Crippen molar-refractivity contribution in [1.82, 2.24) is 0 Å². The summed E-state index contributed by atoms with van der Waals surface area (Å²) >= 11 is 0. The van der Waals surface area contributed by atoms with Gasteiger partial charge in [0.1, 0.15) is 5.75 Å². The highest BCUT2D eigenvalue weighted by Crippen LogP contribution is 2.27. The van der Waals surface area contributed by atoms with Gasteiger partial charge in [0.2, 0.25) is 10.0 Å². The number of rotatable bonds is 3. The van der Waals surface area contributed by atoms with Gasteiger partial charge in [0.05, 0.1) is 6.26 Å². The molecule has 0 aromatic heterocycles. The van der Waals surface area contributed by atoms with Crippen LogP contribution in [0.2, 0.25) is 0 Å². The van der Waals surface area contributed by atoms with E-state index >= 15 is 0 Å². The van der Waals surface area contributed by atoms with Crippen LogP contribution in [0, 0.1) is 6.92 Å². The first-order valence-corrected chi connectivity index (χ1v) is 7.62. The van der Waals surface area contributed by atoms with Crippen LogP contribution in [0.3, 0.4) is 0 Å². The van der Waals surface area contributed by atoms with Gasteiger partial charge in [-0.25, -0.2) is 8.42 Å². The zero-order valence-electron chi connectivity index (χ0n) is 10.7. The van der Waals surface area contributed by atoms with E-state index in [0.29, 0.717) is 5.69 Å². The summed E-state index contributed by atoms with van der Waals surface area (Å²) in [5, 5.41) is 9.71. The van der Waals surface area contributed by atoms with Crippen molar-refractivity contribution in [1.29, 1.82) is 0 Å². The fraction of sp³-hybridized carbons (Fsp3) is 0.143. The first kappa shape index (κ1) is 13.4. The van der Waals surface area contributed by atoms with E-state index in [9.17, 15) is 13.5 Å². The van der Waals surface area contributed by atoms with Gasteiger partial charge >= 0.3 is 0 Å². The normalized spacial score (nSPS) is 11.3. The average Bonchev–Trinajstić information content (AvgIpc) is 2.31. The van der Waals surface area contributed by atoms with Crippen LogP contribution in [0.5, 0.6) is 5.75 Å². The molecule has 2 N–H and O–H groups in total. The summed E-state index contributed by atoms with van der Waals surface area (Å²) in [5.74, 6) is 0.221. The molecule has 5 heteroatoms. The lowest BCUT2D eigenvalue weighted by Crippen LogP contribution is -2.09. The van der Waals surface area contributed by atoms with Crippen molar-refractivity contribution >= 4 is 15.7 Å². The van der Waals surface area contributed by atoms with E-state index < -0.39 is 10.0 Å². The van der Waals surface area contributed by atoms with Crippen molar-refractivity contribution in [2.24, 2.45) is 0 Å². The number of sulfonamides is 1. The van der Waals surface area contributed by atoms with E-state index in [1.807, 2.05) is 25.1 Å². The lowest BCUT2D eigenvalue weighted by atomic mass is 10.0. The molecular weight excluding hydrogens is 262 g/mol. The Hall–Kier alpha value is -2.01. The molecule has 0 aliphatic heterocycles. The molecule has 0 amide bonds. The van der Waals surface area contributed by atoms with Gasteiger partial charge in [-0.3, -0.25) is 4.72 Å². The number of anilines is 1. The predicted octanol–water partition coefficient (Wildman–Crippen LogP) is 2.74. The molecule has 0 saturated heterocycles. The SMILES string of the molecule is Cc1ccc(-c2cccc(NS(C)(=O)=O)c2)cc1O. The Bertz CT molecular complexity index is 708. The second-order valence-electron chi connectivity index (χ2n) is 4.46. The number of phenols is 1. The van der Waals surface area contributed by atoms with Gasteiger partial charge in [0, 0.05) is 5.69 Å². The van der Waals surface area contributed by atoms with E-state index in [2.05, 4.69) is 4.72 Å². The number of aromatic hydroxyl groups is 1. The van der Waals surface area contributed by atoms with E-state index in [1.165, 1.54) is 0 Å². The molecule has 0 atom stereocenters. The van der Waals surface area contributed by atoms with Gasteiger partial charge in [-0.1, -0.05) is 24.3 Å². The molecule has 19 heavy (non-hydrogen) atoms. The summed E-state index contributed by atoms with van der Waals surface area (Å²) in [6, 6.07) is 12.4. The number of hydrogen-bond donors (Lipinski definition) is 2. The second-order valence-corrected chi connectivity index (χ2v) is 6.20. The molecule has 0 saturated carbocycles. The Kier molecular flexibility index (Phi) is 3.48. The van der Waals surface area contributed by atoms with Gasteiger partial charge in [-0.15, -0.1) is 0 Å². The molecule has 0 aliphatic rings. The topological polar surface area (TPSA) is 66.4 Å². The molecule has 0 radical (unpaired) electrons. The lowest BCUT2D eigenvalue weighted by molar-refractivity contribution is 0.471. The van der Waals surface area contributed by atoms with E-state index in [-0.39, 0.29) is 5.75 Å². The molecule has 2 rings (SSSR count). The monoisotopic (exact) mass is 277 g/mol. The maximum absolute atomic E-state index is 11.2.